The number of hydrogen-bond donors (Lipinski definition) is 2. The number of anilines is 2. The van der Waals surface area contributed by atoms with Crippen LogP contribution in [-0.2, 0) is 0 Å². The summed E-state index contributed by atoms with van der Waals surface area (Å²) in [6.45, 7) is 1.85. The average Bonchev–Trinajstić information content (AvgIpc) is 2.48. The van der Waals surface area contributed by atoms with Gasteiger partial charge in [-0.2, -0.15) is 0 Å². The summed E-state index contributed by atoms with van der Waals surface area (Å²) in [5.41, 5.74) is 1.20. The molecule has 0 saturated carbocycles. The first-order valence-electron chi connectivity index (χ1n) is 6.52. The van der Waals surface area contributed by atoms with Crippen LogP contribution in [0.3, 0.4) is 0 Å². The van der Waals surface area contributed by atoms with Crippen molar-refractivity contribution in [3.8, 4) is 0 Å². The first kappa shape index (κ1) is 16.1. The molecule has 0 bridgehead atoms. The third-order valence-corrected chi connectivity index (χ3v) is 4.34. The lowest BCUT2D eigenvalue weighted by molar-refractivity contribution is 0.401. The zero-order chi connectivity index (χ0) is 15.2. The molecule has 0 radical (unpaired) electrons. The molecule has 0 amide bonds. The molecule has 0 fully saturated rings. The number of alkyl halides is 1. The minimum absolute atomic E-state index is 0.314. The maximum atomic E-state index is 13.8. The quantitative estimate of drug-likeness (QED) is 0.615. The number of benzene rings is 1. The second kappa shape index (κ2) is 7.62. The van der Waals surface area contributed by atoms with Crippen molar-refractivity contribution in [1.29, 1.82) is 0 Å². The smallest absolute Gasteiger partial charge is 0.147 e. The molecule has 2 atom stereocenters. The summed E-state index contributed by atoms with van der Waals surface area (Å²) in [6.07, 6.45) is 8.10. The number of allylic oxidation sites excluding steroid dienone is 4. The molecule has 2 nitrogen and oxygen atoms in total. The lowest BCUT2D eigenvalue weighted by Crippen LogP contribution is -2.09. The Morgan fingerprint density at radius 3 is 2.90 bits per heavy atom. The first-order chi connectivity index (χ1) is 10.1. The van der Waals surface area contributed by atoms with E-state index in [1.54, 1.807) is 24.4 Å². The van der Waals surface area contributed by atoms with Crippen LogP contribution in [0.1, 0.15) is 13.3 Å². The highest BCUT2D eigenvalue weighted by Gasteiger charge is 2.11. The predicted molar refractivity (Wildman–Crippen MR) is 92.1 cm³/mol. The molecule has 6 heteroatoms. The molecule has 1 aromatic carbocycles. The van der Waals surface area contributed by atoms with Gasteiger partial charge in [0.2, 0.25) is 0 Å². The standard InChI is InChI=1S/C15H17F2N2PS/c1-2-9-18-14-12(17)7-8-13(15(14)20)19-21-11-5-3-10(16)4-6-11/h2-3,5-10,18-19H,4,20H2,1H3/b9-2+. The summed E-state index contributed by atoms with van der Waals surface area (Å²) in [7, 11) is 2.53. The number of rotatable bonds is 5. The molecule has 0 aliphatic heterocycles. The van der Waals surface area contributed by atoms with Crippen molar-refractivity contribution >= 4 is 37.9 Å². The van der Waals surface area contributed by atoms with Crippen molar-refractivity contribution in [3.05, 3.63) is 53.4 Å². The summed E-state index contributed by atoms with van der Waals surface area (Å²) in [4.78, 5) is 0.945. The van der Waals surface area contributed by atoms with Crippen LogP contribution in [0.2, 0.25) is 0 Å². The third-order valence-electron chi connectivity index (χ3n) is 2.88. The van der Waals surface area contributed by atoms with Crippen molar-refractivity contribution in [3.63, 3.8) is 0 Å². The second-order valence-electron chi connectivity index (χ2n) is 4.45. The fourth-order valence-electron chi connectivity index (χ4n) is 1.76. The van der Waals surface area contributed by atoms with E-state index in [0.717, 1.165) is 10.6 Å². The van der Waals surface area contributed by atoms with Gasteiger partial charge in [0.25, 0.3) is 0 Å². The zero-order valence-corrected chi connectivity index (χ0v) is 13.5. The summed E-state index contributed by atoms with van der Waals surface area (Å²) < 4.78 is 29.9. The van der Waals surface area contributed by atoms with Crippen LogP contribution in [0.5, 0.6) is 0 Å². The van der Waals surface area contributed by atoms with Gasteiger partial charge in [-0.1, -0.05) is 12.2 Å². The molecule has 0 heterocycles. The lowest BCUT2D eigenvalue weighted by Gasteiger charge is -2.15. The van der Waals surface area contributed by atoms with Crippen LogP contribution in [0.15, 0.2) is 47.5 Å². The Bertz CT molecular complexity index is 600. The highest BCUT2D eigenvalue weighted by Crippen LogP contribution is 2.27. The second-order valence-corrected chi connectivity index (χ2v) is 5.91. The van der Waals surface area contributed by atoms with Gasteiger partial charge in [-0.15, -0.1) is 9.24 Å². The topological polar surface area (TPSA) is 24.1 Å². The van der Waals surface area contributed by atoms with E-state index < -0.39 is 6.17 Å². The van der Waals surface area contributed by atoms with Gasteiger partial charge in [0.05, 0.1) is 11.4 Å². The van der Waals surface area contributed by atoms with Crippen molar-refractivity contribution in [2.45, 2.75) is 19.5 Å². The Morgan fingerprint density at radius 2 is 2.24 bits per heavy atom. The third kappa shape index (κ3) is 4.32. The van der Waals surface area contributed by atoms with Crippen LogP contribution < -0.4 is 15.3 Å². The van der Waals surface area contributed by atoms with Gasteiger partial charge in [-0.25, -0.2) is 8.78 Å². The van der Waals surface area contributed by atoms with Crippen molar-refractivity contribution < 1.29 is 8.78 Å². The molecule has 1 aromatic rings. The van der Waals surface area contributed by atoms with Gasteiger partial charge in [0.1, 0.15) is 12.0 Å². The van der Waals surface area contributed by atoms with E-state index in [4.69, 9.17) is 0 Å². The van der Waals surface area contributed by atoms with E-state index in [1.165, 1.54) is 24.1 Å². The average molecular weight is 326 g/mol. The largest absolute Gasteiger partial charge is 0.359 e. The van der Waals surface area contributed by atoms with Gasteiger partial charge in [0.15, 0.2) is 0 Å². The molecule has 1 aliphatic carbocycles. The predicted octanol–water partition coefficient (Wildman–Crippen LogP) is 4.51. The molecular formula is C15H17F2N2PS. The number of halogens is 2. The normalized spacial score (nSPS) is 17.9. The van der Waals surface area contributed by atoms with E-state index in [0.29, 0.717) is 17.4 Å². The van der Waals surface area contributed by atoms with E-state index in [1.807, 2.05) is 13.0 Å². The van der Waals surface area contributed by atoms with Crippen LogP contribution in [0.25, 0.3) is 0 Å². The molecular weight excluding hydrogens is 309 g/mol. The molecule has 1 aliphatic rings. The molecule has 0 aromatic heterocycles. The van der Waals surface area contributed by atoms with Crippen LogP contribution in [-0.4, -0.2) is 6.17 Å². The highest BCUT2D eigenvalue weighted by molar-refractivity contribution is 8.04. The lowest BCUT2D eigenvalue weighted by atomic mass is 10.2. The van der Waals surface area contributed by atoms with Crippen molar-refractivity contribution in [2.24, 2.45) is 0 Å². The highest BCUT2D eigenvalue weighted by atomic mass is 32.2. The number of nitrogens with one attached hydrogen (secondary N) is 2. The summed E-state index contributed by atoms with van der Waals surface area (Å²) >= 11 is 1.38. The number of hydrogen-bond acceptors (Lipinski definition) is 3. The summed E-state index contributed by atoms with van der Waals surface area (Å²) in [6, 6.07) is 3.08. The zero-order valence-electron chi connectivity index (χ0n) is 11.6. The van der Waals surface area contributed by atoms with Crippen molar-refractivity contribution in [2.75, 3.05) is 10.0 Å². The van der Waals surface area contributed by atoms with Crippen LogP contribution in [0, 0.1) is 5.82 Å². The minimum Gasteiger partial charge on any atom is -0.359 e. The van der Waals surface area contributed by atoms with E-state index in [9.17, 15) is 8.78 Å². The Balaban J connectivity index is 2.08. The Kier molecular flexibility index (Phi) is 5.83. The van der Waals surface area contributed by atoms with E-state index in [2.05, 4.69) is 19.3 Å². The maximum Gasteiger partial charge on any atom is 0.147 e. The van der Waals surface area contributed by atoms with Crippen LogP contribution in [0.4, 0.5) is 20.2 Å². The van der Waals surface area contributed by atoms with Gasteiger partial charge < -0.3 is 10.0 Å². The van der Waals surface area contributed by atoms with Gasteiger partial charge >= 0.3 is 0 Å². The van der Waals surface area contributed by atoms with Gasteiger partial charge in [-0.05, 0) is 49.4 Å². The van der Waals surface area contributed by atoms with Gasteiger partial charge in [-0.3, -0.25) is 0 Å². The van der Waals surface area contributed by atoms with Crippen molar-refractivity contribution in [1.82, 2.24) is 0 Å². The summed E-state index contributed by atoms with van der Waals surface area (Å²) in [5.74, 6) is -0.314. The maximum absolute atomic E-state index is 13.8. The summed E-state index contributed by atoms with van der Waals surface area (Å²) in [5, 5.41) is 3.62. The molecule has 2 N–H and O–H groups in total. The fraction of sp³-hybridized carbons (Fsp3) is 0.200. The molecule has 2 unspecified atom stereocenters. The van der Waals surface area contributed by atoms with Gasteiger partial charge in [0, 0.05) is 16.6 Å². The Hall–Kier alpha value is -1.32. The van der Waals surface area contributed by atoms with E-state index >= 15 is 0 Å². The van der Waals surface area contributed by atoms with Crippen LogP contribution >= 0.6 is 21.2 Å². The fourth-order valence-corrected chi connectivity index (χ4v) is 2.99. The molecule has 0 saturated heterocycles. The van der Waals surface area contributed by atoms with E-state index in [-0.39, 0.29) is 5.82 Å². The minimum atomic E-state index is -0.894. The molecule has 112 valence electrons. The monoisotopic (exact) mass is 326 g/mol. The first-order valence-corrected chi connectivity index (χ1v) is 7.92. The molecule has 0 spiro atoms. The Labute approximate surface area is 130 Å². The molecule has 21 heavy (non-hydrogen) atoms. The Morgan fingerprint density at radius 1 is 1.43 bits per heavy atom. The SMILES string of the molecule is C/C=C/Nc1c(F)ccc(NSC2=CCC(F)C=C2)c1P. The molecule has 2 rings (SSSR count).